The van der Waals surface area contributed by atoms with Crippen LogP contribution in [-0.4, -0.2) is 10.8 Å². The Morgan fingerprint density at radius 3 is 2.70 bits per heavy atom. The summed E-state index contributed by atoms with van der Waals surface area (Å²) in [6.07, 6.45) is 1.72. The van der Waals surface area contributed by atoms with Crippen molar-refractivity contribution in [3.8, 4) is 0 Å². The zero-order chi connectivity index (χ0) is 14.1. The Hall–Kier alpha value is -1.90. The number of nitrogens with zero attached hydrogens (tertiary/aromatic N) is 1. The lowest BCUT2D eigenvalue weighted by Crippen LogP contribution is -2.02. The van der Waals surface area contributed by atoms with Crippen molar-refractivity contribution in [3.05, 3.63) is 75.9 Å². The lowest BCUT2D eigenvalue weighted by molar-refractivity contribution is 0.103. The molecule has 0 aliphatic heterocycles. The van der Waals surface area contributed by atoms with E-state index < -0.39 is 0 Å². The number of aromatic nitrogens is 1. The molecular weight excluding hydrogens is 293 g/mol. The van der Waals surface area contributed by atoms with Crippen molar-refractivity contribution in [1.29, 1.82) is 0 Å². The minimum absolute atomic E-state index is 0.150. The van der Waals surface area contributed by atoms with E-state index in [0.29, 0.717) is 16.1 Å². The quantitative estimate of drug-likeness (QED) is 0.638. The number of rotatable bonds is 2. The largest absolute Gasteiger partial charge is 0.289 e. The fourth-order valence-electron chi connectivity index (χ4n) is 2.05. The van der Waals surface area contributed by atoms with Crippen molar-refractivity contribution in [2.75, 3.05) is 0 Å². The van der Waals surface area contributed by atoms with Crippen LogP contribution < -0.4 is 0 Å². The van der Waals surface area contributed by atoms with E-state index in [0.717, 1.165) is 10.9 Å². The lowest BCUT2D eigenvalue weighted by Gasteiger charge is -2.06. The van der Waals surface area contributed by atoms with Gasteiger partial charge in [0.15, 0.2) is 5.78 Å². The third-order valence-corrected chi connectivity index (χ3v) is 3.88. The van der Waals surface area contributed by atoms with Gasteiger partial charge in [-0.1, -0.05) is 35.3 Å². The standard InChI is InChI=1S/C16H9Cl2NO/c17-13-5-1-4-12(15(13)18)16(20)11-6-7-14-10(9-11)3-2-8-19-14/h1-9H. The number of pyridine rings is 1. The molecule has 2 nitrogen and oxygen atoms in total. The molecule has 0 N–H and O–H groups in total. The van der Waals surface area contributed by atoms with Crippen LogP contribution in [0.5, 0.6) is 0 Å². The van der Waals surface area contributed by atoms with Crippen molar-refractivity contribution in [2.24, 2.45) is 0 Å². The van der Waals surface area contributed by atoms with Gasteiger partial charge in [-0.05, 0) is 36.4 Å². The second kappa shape index (κ2) is 5.23. The number of benzene rings is 2. The van der Waals surface area contributed by atoms with Crippen LogP contribution in [0.4, 0.5) is 0 Å². The van der Waals surface area contributed by atoms with Gasteiger partial charge in [0.25, 0.3) is 0 Å². The molecule has 4 heteroatoms. The molecule has 0 aliphatic rings. The van der Waals surface area contributed by atoms with Crippen LogP contribution >= 0.6 is 23.2 Å². The van der Waals surface area contributed by atoms with E-state index in [2.05, 4.69) is 4.98 Å². The molecule has 3 aromatic rings. The van der Waals surface area contributed by atoms with Gasteiger partial charge in [0, 0.05) is 22.7 Å². The summed E-state index contributed by atoms with van der Waals surface area (Å²) >= 11 is 12.0. The molecule has 0 spiro atoms. The van der Waals surface area contributed by atoms with Gasteiger partial charge >= 0.3 is 0 Å². The Bertz CT molecular complexity index is 814. The first-order valence-corrected chi connectivity index (χ1v) is 6.76. The van der Waals surface area contributed by atoms with E-state index in [1.807, 2.05) is 24.3 Å². The van der Waals surface area contributed by atoms with E-state index in [-0.39, 0.29) is 10.8 Å². The number of hydrogen-bond acceptors (Lipinski definition) is 2. The predicted octanol–water partition coefficient (Wildman–Crippen LogP) is 4.77. The molecule has 2 aromatic carbocycles. The predicted molar refractivity (Wildman–Crippen MR) is 81.6 cm³/mol. The summed E-state index contributed by atoms with van der Waals surface area (Å²) in [5.41, 5.74) is 1.82. The molecule has 0 saturated carbocycles. The third-order valence-electron chi connectivity index (χ3n) is 3.06. The van der Waals surface area contributed by atoms with Crippen LogP contribution in [0, 0.1) is 0 Å². The molecule has 0 saturated heterocycles. The van der Waals surface area contributed by atoms with Gasteiger partial charge in [-0.3, -0.25) is 9.78 Å². The van der Waals surface area contributed by atoms with Crippen LogP contribution in [-0.2, 0) is 0 Å². The van der Waals surface area contributed by atoms with Crippen molar-refractivity contribution in [3.63, 3.8) is 0 Å². The molecule has 0 fully saturated rings. The number of ketones is 1. The minimum Gasteiger partial charge on any atom is -0.289 e. The van der Waals surface area contributed by atoms with Crippen molar-refractivity contribution < 1.29 is 4.79 Å². The Kier molecular flexibility index (Phi) is 3.43. The fraction of sp³-hybridized carbons (Fsp3) is 0. The SMILES string of the molecule is O=C(c1ccc2ncccc2c1)c1cccc(Cl)c1Cl. The van der Waals surface area contributed by atoms with Crippen LogP contribution in [0.2, 0.25) is 10.0 Å². The van der Waals surface area contributed by atoms with Crippen LogP contribution in [0.15, 0.2) is 54.7 Å². The summed E-state index contributed by atoms with van der Waals surface area (Å²) in [6, 6.07) is 14.2. The van der Waals surface area contributed by atoms with E-state index in [1.54, 1.807) is 30.5 Å². The molecule has 20 heavy (non-hydrogen) atoms. The van der Waals surface area contributed by atoms with Gasteiger partial charge in [-0.25, -0.2) is 0 Å². The van der Waals surface area contributed by atoms with Gasteiger partial charge in [-0.2, -0.15) is 0 Å². The summed E-state index contributed by atoms with van der Waals surface area (Å²) in [5.74, 6) is -0.150. The van der Waals surface area contributed by atoms with Crippen molar-refractivity contribution in [1.82, 2.24) is 4.98 Å². The Labute approximate surface area is 126 Å². The maximum absolute atomic E-state index is 12.5. The number of carbonyl (C=O) groups excluding carboxylic acids is 1. The highest BCUT2D eigenvalue weighted by atomic mass is 35.5. The van der Waals surface area contributed by atoms with Gasteiger partial charge in [0.1, 0.15) is 0 Å². The maximum Gasteiger partial charge on any atom is 0.194 e. The van der Waals surface area contributed by atoms with E-state index in [4.69, 9.17) is 23.2 Å². The third kappa shape index (κ3) is 2.28. The number of hydrogen-bond donors (Lipinski definition) is 0. The average molecular weight is 302 g/mol. The Balaban J connectivity index is 2.10. The zero-order valence-electron chi connectivity index (χ0n) is 10.3. The normalized spacial score (nSPS) is 10.7. The molecule has 0 unspecified atom stereocenters. The Morgan fingerprint density at radius 2 is 1.85 bits per heavy atom. The summed E-state index contributed by atoms with van der Waals surface area (Å²) in [5, 5.41) is 1.57. The van der Waals surface area contributed by atoms with E-state index in [9.17, 15) is 4.79 Å². The van der Waals surface area contributed by atoms with E-state index in [1.165, 1.54) is 0 Å². The molecular formula is C16H9Cl2NO. The lowest BCUT2D eigenvalue weighted by atomic mass is 10.0. The number of fused-ring (bicyclic) bond motifs is 1. The van der Waals surface area contributed by atoms with Crippen LogP contribution in [0.3, 0.4) is 0 Å². The van der Waals surface area contributed by atoms with Crippen molar-refractivity contribution >= 4 is 39.9 Å². The summed E-state index contributed by atoms with van der Waals surface area (Å²) in [6.45, 7) is 0. The molecule has 0 atom stereocenters. The summed E-state index contributed by atoms with van der Waals surface area (Å²) in [4.78, 5) is 16.7. The summed E-state index contributed by atoms with van der Waals surface area (Å²) < 4.78 is 0. The van der Waals surface area contributed by atoms with Gasteiger partial charge in [0.05, 0.1) is 15.6 Å². The Morgan fingerprint density at radius 1 is 1.00 bits per heavy atom. The monoisotopic (exact) mass is 301 g/mol. The highest BCUT2D eigenvalue weighted by Gasteiger charge is 2.15. The average Bonchev–Trinajstić information content (AvgIpc) is 2.49. The van der Waals surface area contributed by atoms with Gasteiger partial charge < -0.3 is 0 Å². The molecule has 1 aromatic heterocycles. The molecule has 98 valence electrons. The topological polar surface area (TPSA) is 30.0 Å². The second-order valence-electron chi connectivity index (χ2n) is 4.34. The highest BCUT2D eigenvalue weighted by molar-refractivity contribution is 6.44. The molecule has 3 rings (SSSR count). The first-order chi connectivity index (χ1) is 9.66. The van der Waals surface area contributed by atoms with Gasteiger partial charge in [-0.15, -0.1) is 0 Å². The molecule has 0 aliphatic carbocycles. The smallest absolute Gasteiger partial charge is 0.194 e. The van der Waals surface area contributed by atoms with Gasteiger partial charge in [0.2, 0.25) is 0 Å². The first kappa shape index (κ1) is 13.1. The van der Waals surface area contributed by atoms with E-state index >= 15 is 0 Å². The molecule has 0 radical (unpaired) electrons. The number of carbonyl (C=O) groups is 1. The molecule has 0 amide bonds. The first-order valence-electron chi connectivity index (χ1n) is 6.00. The van der Waals surface area contributed by atoms with Crippen LogP contribution in [0.1, 0.15) is 15.9 Å². The molecule has 0 bridgehead atoms. The van der Waals surface area contributed by atoms with Crippen molar-refractivity contribution in [2.45, 2.75) is 0 Å². The van der Waals surface area contributed by atoms with Crippen LogP contribution in [0.25, 0.3) is 10.9 Å². The number of halogens is 2. The fourth-order valence-corrected chi connectivity index (χ4v) is 2.44. The summed E-state index contributed by atoms with van der Waals surface area (Å²) in [7, 11) is 0. The highest BCUT2D eigenvalue weighted by Crippen LogP contribution is 2.28. The second-order valence-corrected chi connectivity index (χ2v) is 5.13. The maximum atomic E-state index is 12.5. The minimum atomic E-state index is -0.150. The molecule has 1 heterocycles. The zero-order valence-corrected chi connectivity index (χ0v) is 11.8.